The van der Waals surface area contributed by atoms with Crippen molar-refractivity contribution in [3.63, 3.8) is 0 Å². The molecule has 0 fully saturated rings. The third-order valence-electron chi connectivity index (χ3n) is 0. The molecular weight excluding hydrogens is 256 g/mol. The van der Waals surface area contributed by atoms with Crippen LogP contribution >= 0.6 is 9.90 Å². The molecule has 0 aliphatic rings. The van der Waals surface area contributed by atoms with E-state index in [0.717, 1.165) is 0 Å². The Morgan fingerprint density at radius 2 is 1.14 bits per heavy atom. The van der Waals surface area contributed by atoms with E-state index in [1.807, 2.05) is 0 Å². The van der Waals surface area contributed by atoms with E-state index in [2.05, 4.69) is 0 Å². The second-order valence-electron chi connectivity index (χ2n) is 0.408. The fourth-order valence-corrected chi connectivity index (χ4v) is 0. The Morgan fingerprint density at radius 3 is 1.14 bits per heavy atom. The van der Waals surface area contributed by atoms with E-state index in [-0.39, 0.29) is 29.4 Å². The number of rotatable bonds is 0. The largest absolute Gasteiger partial charge is 2.00 e. The second kappa shape index (κ2) is 5.40. The number of hydrogen-bond donors (Lipinski definition) is 0. The van der Waals surface area contributed by atoms with E-state index in [1.54, 1.807) is 0 Å². The van der Waals surface area contributed by atoms with E-state index in [9.17, 15) is 0 Å². The molecule has 0 saturated heterocycles. The summed E-state index contributed by atoms with van der Waals surface area (Å²) in [6, 6.07) is 0. The molecule has 1 atom stereocenters. The van der Waals surface area contributed by atoms with E-state index in [1.165, 1.54) is 0 Å². The molecular formula is H3MoO4PZn. The fraction of sp³-hybridized carbons (Fsp3) is 0. The average molecular weight is 259 g/mol. The molecule has 0 spiro atoms. The van der Waals surface area contributed by atoms with Crippen LogP contribution in [0.2, 0.25) is 0 Å². The van der Waals surface area contributed by atoms with E-state index in [4.69, 9.17) is 14.3 Å². The van der Waals surface area contributed by atoms with Crippen LogP contribution in [0.3, 0.4) is 0 Å². The van der Waals surface area contributed by atoms with Crippen LogP contribution in [-0.4, -0.2) is 0 Å². The van der Waals surface area contributed by atoms with Crippen LogP contribution in [0, 0.1) is 0 Å². The topological polar surface area (TPSA) is 80.3 Å². The zero-order chi connectivity index (χ0) is 4.50. The quantitative estimate of drug-likeness (QED) is 0.354. The second-order valence-corrected chi connectivity index (χ2v) is 2.42. The van der Waals surface area contributed by atoms with E-state index < -0.39 is 16.7 Å². The van der Waals surface area contributed by atoms with Crippen molar-refractivity contribution in [2.75, 3.05) is 0 Å². The van der Waals surface area contributed by atoms with Crippen molar-refractivity contribution in [1.29, 1.82) is 0 Å². The summed E-state index contributed by atoms with van der Waals surface area (Å²) in [4.78, 5) is 0. The van der Waals surface area contributed by atoms with Gasteiger partial charge in [0.1, 0.15) is 0 Å². The molecule has 0 aromatic heterocycles. The molecule has 0 aromatic carbocycles. The third kappa shape index (κ3) is 126. The Kier molecular flexibility index (Phi) is 12.1. The maximum atomic E-state index is 8.63. The average Bonchev–Trinajstić information content (AvgIpc) is 0.722. The summed E-state index contributed by atoms with van der Waals surface area (Å²) in [6.07, 6.45) is 0. The fourth-order valence-electron chi connectivity index (χ4n) is 0. The van der Waals surface area contributed by atoms with Gasteiger partial charge in [-0.3, -0.25) is 0 Å². The zero-order valence-corrected chi connectivity index (χ0v) is 9.84. The van der Waals surface area contributed by atoms with Crippen LogP contribution < -0.4 is 7.52 Å². The summed E-state index contributed by atoms with van der Waals surface area (Å²) < 4.78 is 34.5. The Morgan fingerprint density at radius 1 is 1.14 bits per heavy atom. The molecule has 0 rings (SSSR count). The minimum Gasteiger partial charge on any atom is 2.00 e. The van der Waals surface area contributed by atoms with Gasteiger partial charge in [-0.15, -0.1) is 0 Å². The first-order chi connectivity index (χ1) is 2.00. The molecule has 0 heterocycles. The van der Waals surface area contributed by atoms with Gasteiger partial charge in [0, 0.05) is 0 Å². The summed E-state index contributed by atoms with van der Waals surface area (Å²) in [5, 5.41) is 0. The van der Waals surface area contributed by atoms with Gasteiger partial charge in [0.05, 0.1) is 0 Å². The van der Waals surface area contributed by atoms with Crippen molar-refractivity contribution in [2.45, 2.75) is 0 Å². The Labute approximate surface area is 60.4 Å². The summed E-state index contributed by atoms with van der Waals surface area (Å²) in [5.41, 5.74) is 0. The molecule has 40 valence electrons. The van der Waals surface area contributed by atoms with E-state index >= 15 is 0 Å². The summed E-state index contributed by atoms with van der Waals surface area (Å²) in [5.74, 6) is 0. The van der Waals surface area contributed by atoms with Crippen molar-refractivity contribution >= 4 is 9.90 Å². The molecule has 0 aliphatic carbocycles. The van der Waals surface area contributed by atoms with Crippen molar-refractivity contribution in [2.24, 2.45) is 0 Å². The summed E-state index contributed by atoms with van der Waals surface area (Å²) >= 11 is -6.02. The van der Waals surface area contributed by atoms with Gasteiger partial charge in [-0.05, 0) is 0 Å². The summed E-state index contributed by atoms with van der Waals surface area (Å²) in [6.45, 7) is 0. The van der Waals surface area contributed by atoms with Crippen LogP contribution in [0.15, 0.2) is 0 Å². The molecule has 1 unspecified atom stereocenters. The SMILES string of the molecule is P.[O]=[Mo](=[O])([O-])[O-].[Zn+2]. The molecule has 0 bridgehead atoms. The van der Waals surface area contributed by atoms with Gasteiger partial charge < -0.3 is 0 Å². The smallest absolute Gasteiger partial charge is 2.00 e. The standard InChI is InChI=1S/Mo.4O.H3P.Zn/h;;;;;1H3;/q;;;2*-1;;+2. The predicted octanol–water partition coefficient (Wildman–Crippen LogP) is -2.56. The summed E-state index contributed by atoms with van der Waals surface area (Å²) in [7, 11) is 0. The normalized spacial score (nSPS) is 8.29. The first-order valence-electron chi connectivity index (χ1n) is 0.667. The van der Waals surface area contributed by atoms with Gasteiger partial charge in [0.15, 0.2) is 0 Å². The molecule has 0 amide bonds. The molecule has 0 saturated carbocycles. The van der Waals surface area contributed by atoms with Gasteiger partial charge in [0.25, 0.3) is 0 Å². The van der Waals surface area contributed by atoms with E-state index in [0.29, 0.717) is 0 Å². The van der Waals surface area contributed by atoms with Crippen LogP contribution in [0.4, 0.5) is 0 Å². The molecule has 0 aromatic rings. The molecule has 0 aliphatic heterocycles. The van der Waals surface area contributed by atoms with Crippen LogP contribution in [0.5, 0.6) is 0 Å². The van der Waals surface area contributed by atoms with Crippen molar-refractivity contribution in [3.8, 4) is 0 Å². The van der Waals surface area contributed by atoms with Gasteiger partial charge >= 0.3 is 50.5 Å². The van der Waals surface area contributed by atoms with Crippen molar-refractivity contribution in [1.82, 2.24) is 0 Å². The Balaban J connectivity index is -0.0000000800. The minimum atomic E-state index is -6.02. The van der Waals surface area contributed by atoms with Crippen LogP contribution in [-0.2, 0) is 43.0 Å². The number of hydrogen-bond acceptors (Lipinski definition) is 4. The van der Waals surface area contributed by atoms with Gasteiger partial charge in [-0.2, -0.15) is 9.90 Å². The Hall–Kier alpha value is 1.26. The first-order valence-corrected chi connectivity index (χ1v) is 3.94. The maximum absolute atomic E-state index is 8.63. The monoisotopic (exact) mass is 260 g/mol. The van der Waals surface area contributed by atoms with Crippen LogP contribution in [0.1, 0.15) is 0 Å². The molecule has 4 nitrogen and oxygen atoms in total. The first kappa shape index (κ1) is 15.7. The third-order valence-corrected chi connectivity index (χ3v) is 0. The Bertz CT molecular complexity index is 94.9. The maximum Gasteiger partial charge on any atom is 2.00 e. The predicted molar refractivity (Wildman–Crippen MR) is 12.5 cm³/mol. The van der Waals surface area contributed by atoms with Gasteiger partial charge in [-0.25, -0.2) is 0 Å². The molecule has 7 heteroatoms. The molecule has 7 heavy (non-hydrogen) atoms. The minimum absolute atomic E-state index is 0. The van der Waals surface area contributed by atoms with Gasteiger partial charge in [0.2, 0.25) is 0 Å². The van der Waals surface area contributed by atoms with Crippen molar-refractivity contribution in [3.05, 3.63) is 0 Å². The van der Waals surface area contributed by atoms with Crippen molar-refractivity contribution < 1.29 is 50.5 Å². The van der Waals surface area contributed by atoms with Crippen LogP contribution in [0.25, 0.3) is 0 Å². The molecule has 0 N–H and O–H groups in total. The zero-order valence-electron chi connectivity index (χ0n) is 3.46. The van der Waals surface area contributed by atoms with Gasteiger partial charge in [-0.1, -0.05) is 0 Å². The molecule has 0 radical (unpaired) electrons.